The minimum absolute atomic E-state index is 0.0109. The van der Waals surface area contributed by atoms with Crippen molar-refractivity contribution in [2.24, 2.45) is 4.99 Å². The standard InChI is InChI=1S/C25H39ClFN7OS/c1-24(2)14-18(15-25(3,4)33(24)6)29-22-20(27)16-28-23(31-22)30-17-7-8-21(19(26)13-17)36(35)34-11-9-32(5)10-12-34/h7-8,13,18,29H,9-12,14-16H2,1-6H3,(H2,28,30,31). The number of nitrogens with one attached hydrogen (secondary N) is 3. The lowest BCUT2D eigenvalue weighted by Gasteiger charge is -2.54. The highest BCUT2D eigenvalue weighted by atomic mass is 35.5. The van der Waals surface area contributed by atoms with E-state index >= 15 is 0 Å². The maximum absolute atomic E-state index is 14.7. The van der Waals surface area contributed by atoms with E-state index in [0.717, 1.165) is 39.0 Å². The van der Waals surface area contributed by atoms with E-state index in [1.807, 2.05) is 10.4 Å². The molecule has 36 heavy (non-hydrogen) atoms. The highest BCUT2D eigenvalue weighted by Crippen LogP contribution is 2.37. The molecule has 1 aromatic rings. The molecular formula is C25H39ClFN7OS. The third-order valence-corrected chi connectivity index (χ3v) is 9.62. The number of piperidine rings is 1. The summed E-state index contributed by atoms with van der Waals surface area (Å²) >= 11 is 6.52. The van der Waals surface area contributed by atoms with Crippen LogP contribution >= 0.6 is 11.6 Å². The van der Waals surface area contributed by atoms with Crippen LogP contribution in [0.3, 0.4) is 0 Å². The number of hydrogen-bond acceptors (Lipinski definition) is 7. The summed E-state index contributed by atoms with van der Waals surface area (Å²) in [6, 6.07) is 5.46. The molecule has 1 atom stereocenters. The molecule has 4 rings (SSSR count). The van der Waals surface area contributed by atoms with Crippen molar-refractivity contribution in [3.05, 3.63) is 34.9 Å². The van der Waals surface area contributed by atoms with E-state index in [4.69, 9.17) is 11.6 Å². The van der Waals surface area contributed by atoms with Gasteiger partial charge in [0, 0.05) is 49.0 Å². The van der Waals surface area contributed by atoms with Crippen molar-refractivity contribution in [1.82, 2.24) is 24.7 Å². The summed E-state index contributed by atoms with van der Waals surface area (Å²) in [4.78, 5) is 9.49. The predicted molar refractivity (Wildman–Crippen MR) is 146 cm³/mol. The summed E-state index contributed by atoms with van der Waals surface area (Å²) < 4.78 is 29.7. The van der Waals surface area contributed by atoms with Gasteiger partial charge >= 0.3 is 0 Å². The van der Waals surface area contributed by atoms with Crippen molar-refractivity contribution >= 4 is 34.2 Å². The van der Waals surface area contributed by atoms with E-state index in [0.29, 0.717) is 27.4 Å². The fourth-order valence-electron chi connectivity index (χ4n) is 5.27. The molecule has 2 saturated heterocycles. The number of halogens is 2. The van der Waals surface area contributed by atoms with Crippen LogP contribution in [0.2, 0.25) is 5.02 Å². The topological polar surface area (TPSA) is 75.2 Å². The van der Waals surface area contributed by atoms with Gasteiger partial charge in [-0.25, -0.2) is 17.9 Å². The number of piperazine rings is 1. The van der Waals surface area contributed by atoms with Gasteiger partial charge in [0.05, 0.1) is 16.5 Å². The number of aliphatic imine (C=N–C) groups is 1. The van der Waals surface area contributed by atoms with Gasteiger partial charge in [-0.05, 0) is 72.8 Å². The number of nitrogens with zero attached hydrogens (tertiary/aromatic N) is 4. The second-order valence-electron chi connectivity index (χ2n) is 11.3. The molecule has 3 aliphatic heterocycles. The summed E-state index contributed by atoms with van der Waals surface area (Å²) in [5.74, 6) is 0.480. The molecule has 0 spiro atoms. The zero-order chi connectivity index (χ0) is 26.3. The summed E-state index contributed by atoms with van der Waals surface area (Å²) in [5, 5.41) is 10.1. The van der Waals surface area contributed by atoms with Crippen molar-refractivity contribution in [3.63, 3.8) is 0 Å². The van der Waals surface area contributed by atoms with Crippen LogP contribution in [0.4, 0.5) is 10.1 Å². The van der Waals surface area contributed by atoms with Gasteiger partial charge in [-0.15, -0.1) is 0 Å². The molecule has 1 unspecified atom stereocenters. The monoisotopic (exact) mass is 539 g/mol. The summed E-state index contributed by atoms with van der Waals surface area (Å²) in [6.45, 7) is 12.1. The predicted octanol–water partition coefficient (Wildman–Crippen LogP) is 3.36. The van der Waals surface area contributed by atoms with Crippen LogP contribution in [0.25, 0.3) is 0 Å². The summed E-state index contributed by atoms with van der Waals surface area (Å²) in [5.41, 5.74) is 0.667. The average Bonchev–Trinajstić information content (AvgIpc) is 2.79. The Kier molecular flexibility index (Phi) is 8.02. The molecule has 0 radical (unpaired) electrons. The molecule has 0 amide bonds. The van der Waals surface area contributed by atoms with E-state index in [9.17, 15) is 8.60 Å². The molecule has 0 saturated carbocycles. The van der Waals surface area contributed by atoms with Crippen LogP contribution in [-0.4, -0.2) is 88.2 Å². The maximum Gasteiger partial charge on any atom is 0.201 e. The van der Waals surface area contributed by atoms with Gasteiger partial charge in [-0.2, -0.15) is 0 Å². The normalized spacial score (nSPS) is 24.7. The lowest BCUT2D eigenvalue weighted by molar-refractivity contribution is -0.0166. The zero-order valence-electron chi connectivity index (χ0n) is 22.1. The lowest BCUT2D eigenvalue weighted by atomic mass is 9.77. The Balaban J connectivity index is 1.39. The van der Waals surface area contributed by atoms with Crippen LogP contribution in [0.5, 0.6) is 0 Å². The molecule has 11 heteroatoms. The number of guanidine groups is 1. The largest absolute Gasteiger partial charge is 0.366 e. The number of rotatable bonds is 5. The first-order valence-corrected chi connectivity index (χ1v) is 14.0. The SMILES string of the molecule is CN1CCN(S(=O)c2ccc(NC3=NCC(F)=C(NC4CC(C)(C)N(C)C(C)(C)C4)N3)cc2Cl)CC1. The first-order chi connectivity index (χ1) is 16.9. The number of benzene rings is 1. The molecule has 3 heterocycles. The first kappa shape index (κ1) is 27.3. The van der Waals surface area contributed by atoms with E-state index in [1.165, 1.54) is 0 Å². The van der Waals surface area contributed by atoms with Crippen LogP contribution in [-0.2, 0) is 11.0 Å². The third-order valence-electron chi connectivity index (χ3n) is 7.63. The van der Waals surface area contributed by atoms with Gasteiger partial charge in [0.25, 0.3) is 0 Å². The van der Waals surface area contributed by atoms with Crippen LogP contribution in [0, 0.1) is 0 Å². The second-order valence-corrected chi connectivity index (χ2v) is 13.1. The lowest BCUT2D eigenvalue weighted by Crippen LogP contribution is -2.62. The summed E-state index contributed by atoms with van der Waals surface area (Å²) in [6.07, 6.45) is 1.79. The molecule has 0 aliphatic carbocycles. The average molecular weight is 540 g/mol. The first-order valence-electron chi connectivity index (χ1n) is 12.5. The van der Waals surface area contributed by atoms with Crippen LogP contribution in [0.1, 0.15) is 40.5 Å². The van der Waals surface area contributed by atoms with Crippen molar-refractivity contribution in [1.29, 1.82) is 0 Å². The number of likely N-dealkylation sites (tertiary alicyclic amines) is 1. The second kappa shape index (κ2) is 10.6. The van der Waals surface area contributed by atoms with Crippen molar-refractivity contribution in [2.45, 2.75) is 62.6 Å². The molecular weight excluding hydrogens is 501 g/mol. The fraction of sp³-hybridized carbons (Fsp3) is 0.640. The van der Waals surface area contributed by atoms with E-state index in [2.05, 4.69) is 72.5 Å². The highest BCUT2D eigenvalue weighted by Gasteiger charge is 2.43. The van der Waals surface area contributed by atoms with Gasteiger partial charge in [-0.3, -0.25) is 4.90 Å². The smallest absolute Gasteiger partial charge is 0.201 e. The molecule has 2 fully saturated rings. The molecule has 0 aromatic heterocycles. The Bertz CT molecular complexity index is 1050. The highest BCUT2D eigenvalue weighted by molar-refractivity contribution is 7.82. The Hall–Kier alpha value is -1.72. The number of hydrogen-bond donors (Lipinski definition) is 3. The van der Waals surface area contributed by atoms with Gasteiger partial charge in [0.15, 0.2) is 5.83 Å². The quantitative estimate of drug-likeness (QED) is 0.533. The van der Waals surface area contributed by atoms with Gasteiger partial charge in [0.1, 0.15) is 16.8 Å². The van der Waals surface area contributed by atoms with Crippen LogP contribution in [0.15, 0.2) is 39.7 Å². The molecule has 8 nitrogen and oxygen atoms in total. The molecule has 1 aromatic carbocycles. The molecule has 3 N–H and O–H groups in total. The van der Waals surface area contributed by atoms with Gasteiger partial charge in [-0.1, -0.05) is 11.6 Å². The Morgan fingerprint density at radius 3 is 2.36 bits per heavy atom. The summed E-state index contributed by atoms with van der Waals surface area (Å²) in [7, 11) is 2.90. The van der Waals surface area contributed by atoms with Crippen molar-refractivity contribution < 1.29 is 8.60 Å². The minimum atomic E-state index is -1.31. The zero-order valence-corrected chi connectivity index (χ0v) is 23.7. The Morgan fingerprint density at radius 1 is 1.11 bits per heavy atom. The molecule has 0 bridgehead atoms. The van der Waals surface area contributed by atoms with Gasteiger partial charge < -0.3 is 20.9 Å². The minimum Gasteiger partial charge on any atom is -0.366 e. The molecule has 200 valence electrons. The maximum atomic E-state index is 14.7. The van der Waals surface area contributed by atoms with E-state index in [-0.39, 0.29) is 29.5 Å². The fourth-order valence-corrected chi connectivity index (χ4v) is 6.83. The Morgan fingerprint density at radius 2 is 1.75 bits per heavy atom. The number of anilines is 1. The van der Waals surface area contributed by atoms with Crippen LogP contribution < -0.4 is 16.0 Å². The van der Waals surface area contributed by atoms with E-state index in [1.54, 1.807) is 12.1 Å². The third kappa shape index (κ3) is 6.05. The Labute approximate surface area is 221 Å². The van der Waals surface area contributed by atoms with Gasteiger partial charge in [0.2, 0.25) is 5.96 Å². The van der Waals surface area contributed by atoms with Crippen molar-refractivity contribution in [3.8, 4) is 0 Å². The van der Waals surface area contributed by atoms with E-state index < -0.39 is 11.0 Å². The number of likely N-dealkylation sites (N-methyl/N-ethyl adjacent to an activating group) is 1. The van der Waals surface area contributed by atoms with Crippen molar-refractivity contribution in [2.75, 3.05) is 52.1 Å². The molecule has 3 aliphatic rings.